The Kier molecular flexibility index (Phi) is 10.9. The molecule has 4 aromatic carbocycles. The number of ether oxygens (including phenoxy) is 1. The zero-order valence-electron chi connectivity index (χ0n) is 24.2. The zero-order valence-corrected chi connectivity index (χ0v) is 25.0. The van der Waals surface area contributed by atoms with Gasteiger partial charge in [0.25, 0.3) is 5.91 Å². The van der Waals surface area contributed by atoms with Crippen molar-refractivity contribution in [1.82, 2.24) is 0 Å². The van der Waals surface area contributed by atoms with Gasteiger partial charge in [-0.2, -0.15) is 0 Å². The van der Waals surface area contributed by atoms with E-state index < -0.39 is 21.6 Å². The second-order valence-electron chi connectivity index (χ2n) is 9.92. The summed E-state index contributed by atoms with van der Waals surface area (Å²) in [5.41, 5.74) is 3.84. The maximum absolute atomic E-state index is 13.0. The molecule has 0 aliphatic heterocycles. The number of nitrogens with one attached hydrogen (secondary N) is 2. The number of carbonyl (C=O) groups excluding carboxylic acids is 2. The second kappa shape index (κ2) is 14.3. The number of carbonyl (C=O) groups is 2. The fourth-order valence-corrected chi connectivity index (χ4v) is 5.25. The molecule has 3 N–H and O–H groups in total. The quantitative estimate of drug-likeness (QED) is 0.167. The molecule has 0 heterocycles. The van der Waals surface area contributed by atoms with E-state index in [1.54, 1.807) is 30.3 Å². The molecule has 1 amide bonds. The smallest absolute Gasteiger partial charge is 0.255 e. The van der Waals surface area contributed by atoms with E-state index in [1.807, 2.05) is 63.1 Å². The molecule has 42 heavy (non-hydrogen) atoms. The number of rotatable bonds is 10. The normalized spacial score (nSPS) is 11.5. The minimum absolute atomic E-state index is 0.129. The van der Waals surface area contributed by atoms with Crippen molar-refractivity contribution in [1.29, 1.82) is 0 Å². The van der Waals surface area contributed by atoms with Gasteiger partial charge >= 0.3 is 0 Å². The summed E-state index contributed by atoms with van der Waals surface area (Å²) in [4.78, 5) is 21.0. The molecule has 9 heteroatoms. The average molecular weight is 589 g/mol. The van der Waals surface area contributed by atoms with E-state index in [-0.39, 0.29) is 27.8 Å². The molecule has 220 valence electrons. The molecule has 0 aromatic heterocycles. The number of anilines is 2. The molecule has 1 atom stereocenters. The van der Waals surface area contributed by atoms with Gasteiger partial charge in [-0.15, -0.1) is 0 Å². The lowest BCUT2D eigenvalue weighted by atomic mass is 9.99. The van der Waals surface area contributed by atoms with E-state index in [4.69, 9.17) is 9.53 Å². The maximum Gasteiger partial charge on any atom is 0.255 e. The number of sulfone groups is 1. The predicted molar refractivity (Wildman–Crippen MR) is 166 cm³/mol. The average Bonchev–Trinajstić information content (AvgIpc) is 2.99. The fraction of sp³-hybridized carbons (Fsp3) is 0.212. The Hall–Kier alpha value is -4.63. The van der Waals surface area contributed by atoms with Gasteiger partial charge in [-0.1, -0.05) is 55.8 Å². The summed E-state index contributed by atoms with van der Waals surface area (Å²) in [5, 5.41) is 16.4. The van der Waals surface area contributed by atoms with Gasteiger partial charge in [0.2, 0.25) is 0 Å². The van der Waals surface area contributed by atoms with Crippen LogP contribution in [0.3, 0.4) is 0 Å². The van der Waals surface area contributed by atoms with E-state index in [0.717, 1.165) is 17.5 Å². The Morgan fingerprint density at radius 3 is 2.19 bits per heavy atom. The monoisotopic (exact) mass is 588 g/mol. The van der Waals surface area contributed by atoms with Crippen LogP contribution >= 0.6 is 0 Å². The summed E-state index contributed by atoms with van der Waals surface area (Å²) in [6.45, 7) is 10.0. The third kappa shape index (κ3) is 8.20. The number of aryl methyl sites for hydroxylation is 2. The van der Waals surface area contributed by atoms with Gasteiger partial charge in [-0.25, -0.2) is 8.42 Å². The Bertz CT molecular complexity index is 1620. The van der Waals surface area contributed by atoms with Crippen molar-refractivity contribution in [2.24, 2.45) is 0 Å². The van der Waals surface area contributed by atoms with Crippen molar-refractivity contribution in [3.63, 3.8) is 0 Å². The molecular weight excluding hydrogens is 552 g/mol. The van der Waals surface area contributed by atoms with Gasteiger partial charge < -0.3 is 25.3 Å². The van der Waals surface area contributed by atoms with Crippen LogP contribution in [0.1, 0.15) is 53.2 Å². The van der Waals surface area contributed by atoms with E-state index in [9.17, 15) is 18.3 Å². The van der Waals surface area contributed by atoms with E-state index >= 15 is 0 Å². The number of hydrogen-bond acceptors (Lipinski definition) is 7. The van der Waals surface area contributed by atoms with Crippen molar-refractivity contribution in [3.05, 3.63) is 107 Å². The first kappa shape index (κ1) is 31.9. The predicted octanol–water partition coefficient (Wildman–Crippen LogP) is 7.23. The largest absolute Gasteiger partial charge is 0.506 e. The SMILES string of the molecule is C=O.CCC(C)c1ccc(Oc2cc(NC(=O)c3ccc(C)cc3)c(O)cc2NCS(=O)(=O)c2cccc(C)c2)cc1. The van der Waals surface area contributed by atoms with Gasteiger partial charge in [0.05, 0.1) is 16.3 Å². The van der Waals surface area contributed by atoms with Crippen LogP contribution in [0.15, 0.2) is 89.8 Å². The van der Waals surface area contributed by atoms with Crippen molar-refractivity contribution >= 4 is 33.9 Å². The molecular formula is C33H36N2O6S. The van der Waals surface area contributed by atoms with Gasteiger partial charge in [0.15, 0.2) is 15.6 Å². The van der Waals surface area contributed by atoms with E-state index in [1.165, 1.54) is 17.7 Å². The molecule has 4 aromatic rings. The van der Waals surface area contributed by atoms with Crippen LogP contribution < -0.4 is 15.4 Å². The van der Waals surface area contributed by atoms with Crippen molar-refractivity contribution in [3.8, 4) is 17.2 Å². The van der Waals surface area contributed by atoms with E-state index in [0.29, 0.717) is 17.2 Å². The molecule has 0 bridgehead atoms. The highest BCUT2D eigenvalue weighted by molar-refractivity contribution is 7.91. The maximum atomic E-state index is 13.0. The lowest BCUT2D eigenvalue weighted by molar-refractivity contribution is -0.0980. The van der Waals surface area contributed by atoms with Crippen LogP contribution in [-0.4, -0.2) is 32.1 Å². The van der Waals surface area contributed by atoms with Crippen LogP contribution in [0.2, 0.25) is 0 Å². The molecule has 0 radical (unpaired) electrons. The first-order valence-corrected chi connectivity index (χ1v) is 15.1. The van der Waals surface area contributed by atoms with Crippen LogP contribution in [0.4, 0.5) is 11.4 Å². The minimum atomic E-state index is -3.69. The zero-order chi connectivity index (χ0) is 30.9. The van der Waals surface area contributed by atoms with Gasteiger partial charge in [-0.05, 0) is 73.7 Å². The number of phenols is 1. The summed E-state index contributed by atoms with van der Waals surface area (Å²) in [5.74, 6) is 0.104. The first-order chi connectivity index (χ1) is 20.1. The molecule has 0 aliphatic carbocycles. The highest BCUT2D eigenvalue weighted by Crippen LogP contribution is 2.39. The van der Waals surface area contributed by atoms with Crippen molar-refractivity contribution in [2.45, 2.75) is 44.9 Å². The Labute approximate surface area is 247 Å². The lowest BCUT2D eigenvalue weighted by Crippen LogP contribution is -2.16. The Morgan fingerprint density at radius 1 is 0.905 bits per heavy atom. The van der Waals surface area contributed by atoms with Gasteiger partial charge in [-0.3, -0.25) is 4.79 Å². The van der Waals surface area contributed by atoms with Gasteiger partial charge in [0.1, 0.15) is 24.2 Å². The number of phenolic OH excluding ortho intramolecular Hbond substituents is 1. The standard InChI is InChI=1S/C32H34N2O5S.CH2O/c1-5-23(4)24-13-15-26(16-14-24)39-31-19-28(34-32(36)25-11-9-21(2)10-12-25)30(35)18-29(31)33-20-40(37,38)27-8-6-7-22(3)17-27;1-2/h6-19,23,33,35H,5,20H2,1-4H3,(H,34,36);1H2. The number of amides is 1. The van der Waals surface area contributed by atoms with Crippen LogP contribution in [0, 0.1) is 13.8 Å². The molecule has 1 unspecified atom stereocenters. The Balaban J connectivity index is 0.00000237. The third-order valence-electron chi connectivity index (χ3n) is 6.75. The first-order valence-electron chi connectivity index (χ1n) is 13.4. The highest BCUT2D eigenvalue weighted by atomic mass is 32.2. The molecule has 0 saturated carbocycles. The molecule has 4 rings (SSSR count). The summed E-state index contributed by atoms with van der Waals surface area (Å²) >= 11 is 0. The summed E-state index contributed by atoms with van der Waals surface area (Å²) in [6, 6.07) is 24.2. The number of aromatic hydroxyl groups is 1. The van der Waals surface area contributed by atoms with E-state index in [2.05, 4.69) is 24.5 Å². The second-order valence-corrected chi connectivity index (χ2v) is 11.9. The summed E-state index contributed by atoms with van der Waals surface area (Å²) in [7, 11) is -3.69. The van der Waals surface area contributed by atoms with Crippen molar-refractivity contribution < 1.29 is 27.9 Å². The molecule has 0 aliphatic rings. The van der Waals surface area contributed by atoms with Crippen LogP contribution in [0.25, 0.3) is 0 Å². The van der Waals surface area contributed by atoms with Crippen LogP contribution in [0.5, 0.6) is 17.2 Å². The number of benzene rings is 4. The molecule has 0 saturated heterocycles. The Morgan fingerprint density at radius 2 is 1.57 bits per heavy atom. The summed E-state index contributed by atoms with van der Waals surface area (Å²) < 4.78 is 32.2. The number of hydrogen-bond donors (Lipinski definition) is 3. The topological polar surface area (TPSA) is 122 Å². The highest BCUT2D eigenvalue weighted by Gasteiger charge is 2.19. The fourth-order valence-electron chi connectivity index (χ4n) is 4.08. The molecule has 0 fully saturated rings. The lowest BCUT2D eigenvalue weighted by Gasteiger charge is -2.17. The van der Waals surface area contributed by atoms with Gasteiger partial charge in [0, 0.05) is 17.7 Å². The van der Waals surface area contributed by atoms with Crippen LogP contribution in [-0.2, 0) is 14.6 Å². The minimum Gasteiger partial charge on any atom is -0.506 e. The van der Waals surface area contributed by atoms with Crippen molar-refractivity contribution in [2.75, 3.05) is 16.5 Å². The molecule has 8 nitrogen and oxygen atoms in total. The summed E-state index contributed by atoms with van der Waals surface area (Å²) in [6.07, 6.45) is 1.01. The third-order valence-corrected chi connectivity index (χ3v) is 8.25. The molecule has 0 spiro atoms.